The maximum atomic E-state index is 11.4. The van der Waals surface area contributed by atoms with Crippen LogP contribution in [0.1, 0.15) is 51.9 Å². The third kappa shape index (κ3) is 4.02. The standard InChI is InChI=1S/C12H22ClNO/c1-2-12(7-3-4-8-12)10-14-11(15)6-5-9-13/h2-10H2,1H3,(H,14,15). The Kier molecular flexibility index (Phi) is 5.44. The van der Waals surface area contributed by atoms with Crippen LogP contribution in [0.5, 0.6) is 0 Å². The molecule has 2 nitrogen and oxygen atoms in total. The minimum Gasteiger partial charge on any atom is -0.356 e. The van der Waals surface area contributed by atoms with Crippen LogP contribution in [0.4, 0.5) is 0 Å². The lowest BCUT2D eigenvalue weighted by Crippen LogP contribution is -2.35. The number of carbonyl (C=O) groups excluding carboxylic acids is 1. The molecule has 0 unspecified atom stereocenters. The predicted octanol–water partition coefficient (Wildman–Crippen LogP) is 3.09. The molecule has 88 valence electrons. The number of hydrogen-bond donors (Lipinski definition) is 1. The quantitative estimate of drug-likeness (QED) is 0.700. The SMILES string of the molecule is CCC1(CNC(=O)CCCCl)CCCC1. The second-order valence-electron chi connectivity index (χ2n) is 4.63. The van der Waals surface area contributed by atoms with Crippen molar-refractivity contribution in [1.29, 1.82) is 0 Å². The van der Waals surface area contributed by atoms with Gasteiger partial charge >= 0.3 is 0 Å². The topological polar surface area (TPSA) is 29.1 Å². The van der Waals surface area contributed by atoms with Crippen LogP contribution < -0.4 is 5.32 Å². The molecule has 1 rings (SSSR count). The molecular weight excluding hydrogens is 210 g/mol. The fourth-order valence-electron chi connectivity index (χ4n) is 2.38. The van der Waals surface area contributed by atoms with Crippen molar-refractivity contribution in [2.45, 2.75) is 51.9 Å². The van der Waals surface area contributed by atoms with Crippen LogP contribution in [-0.4, -0.2) is 18.3 Å². The third-order valence-electron chi connectivity index (χ3n) is 3.61. The van der Waals surface area contributed by atoms with E-state index in [2.05, 4.69) is 12.2 Å². The molecule has 1 fully saturated rings. The number of amides is 1. The fourth-order valence-corrected chi connectivity index (χ4v) is 2.52. The van der Waals surface area contributed by atoms with Gasteiger partial charge in [0.05, 0.1) is 0 Å². The van der Waals surface area contributed by atoms with Crippen molar-refractivity contribution in [2.24, 2.45) is 5.41 Å². The lowest BCUT2D eigenvalue weighted by atomic mass is 9.83. The zero-order valence-corrected chi connectivity index (χ0v) is 10.4. The van der Waals surface area contributed by atoms with E-state index >= 15 is 0 Å². The monoisotopic (exact) mass is 231 g/mol. The highest BCUT2D eigenvalue weighted by molar-refractivity contribution is 6.17. The second kappa shape index (κ2) is 6.37. The summed E-state index contributed by atoms with van der Waals surface area (Å²) < 4.78 is 0. The summed E-state index contributed by atoms with van der Waals surface area (Å²) in [4.78, 5) is 11.4. The van der Waals surface area contributed by atoms with Gasteiger partial charge in [0.15, 0.2) is 0 Å². The van der Waals surface area contributed by atoms with Gasteiger partial charge in [0, 0.05) is 18.8 Å². The normalized spacial score (nSPS) is 19.1. The van der Waals surface area contributed by atoms with E-state index in [4.69, 9.17) is 11.6 Å². The Morgan fingerprint density at radius 1 is 1.40 bits per heavy atom. The predicted molar refractivity (Wildman–Crippen MR) is 64.2 cm³/mol. The molecule has 0 aromatic heterocycles. The number of carbonyl (C=O) groups is 1. The summed E-state index contributed by atoms with van der Waals surface area (Å²) in [6, 6.07) is 0. The average Bonchev–Trinajstić information content (AvgIpc) is 2.73. The van der Waals surface area contributed by atoms with Gasteiger partial charge in [-0.1, -0.05) is 19.8 Å². The number of hydrogen-bond acceptors (Lipinski definition) is 1. The van der Waals surface area contributed by atoms with E-state index in [-0.39, 0.29) is 5.91 Å². The van der Waals surface area contributed by atoms with Gasteiger partial charge in [-0.2, -0.15) is 0 Å². The lowest BCUT2D eigenvalue weighted by Gasteiger charge is -2.27. The van der Waals surface area contributed by atoms with Crippen LogP contribution in [0.25, 0.3) is 0 Å². The van der Waals surface area contributed by atoms with Crippen LogP contribution >= 0.6 is 11.6 Å². The van der Waals surface area contributed by atoms with Crippen molar-refractivity contribution in [2.75, 3.05) is 12.4 Å². The molecular formula is C12H22ClNO. The fraction of sp³-hybridized carbons (Fsp3) is 0.917. The maximum Gasteiger partial charge on any atom is 0.220 e. The van der Waals surface area contributed by atoms with E-state index in [9.17, 15) is 4.79 Å². The minimum absolute atomic E-state index is 0.162. The van der Waals surface area contributed by atoms with E-state index in [0.717, 1.165) is 13.0 Å². The lowest BCUT2D eigenvalue weighted by molar-refractivity contribution is -0.121. The summed E-state index contributed by atoms with van der Waals surface area (Å²) in [7, 11) is 0. The number of nitrogens with one attached hydrogen (secondary N) is 1. The van der Waals surface area contributed by atoms with Crippen LogP contribution in [0.2, 0.25) is 0 Å². The Bertz CT molecular complexity index is 200. The van der Waals surface area contributed by atoms with Gasteiger partial charge in [-0.15, -0.1) is 11.6 Å². The smallest absolute Gasteiger partial charge is 0.220 e. The van der Waals surface area contributed by atoms with Crippen LogP contribution in [0, 0.1) is 5.41 Å². The van der Waals surface area contributed by atoms with E-state index < -0.39 is 0 Å². The van der Waals surface area contributed by atoms with Gasteiger partial charge in [-0.3, -0.25) is 4.79 Å². The average molecular weight is 232 g/mol. The molecule has 3 heteroatoms. The maximum absolute atomic E-state index is 11.4. The van der Waals surface area contributed by atoms with Crippen molar-refractivity contribution in [1.82, 2.24) is 5.32 Å². The van der Waals surface area contributed by atoms with Crippen LogP contribution in [0.3, 0.4) is 0 Å². The van der Waals surface area contributed by atoms with E-state index in [1.807, 2.05) is 0 Å². The van der Waals surface area contributed by atoms with Gasteiger partial charge in [-0.05, 0) is 31.1 Å². The Morgan fingerprint density at radius 2 is 2.07 bits per heavy atom. The zero-order valence-electron chi connectivity index (χ0n) is 9.65. The highest BCUT2D eigenvalue weighted by Gasteiger charge is 2.31. The third-order valence-corrected chi connectivity index (χ3v) is 3.88. The van der Waals surface area contributed by atoms with Crippen molar-refractivity contribution in [3.63, 3.8) is 0 Å². The van der Waals surface area contributed by atoms with Gasteiger partial charge < -0.3 is 5.32 Å². The molecule has 1 aliphatic rings. The number of rotatable bonds is 6. The first kappa shape index (κ1) is 12.8. The summed E-state index contributed by atoms with van der Waals surface area (Å²) in [5.41, 5.74) is 0.399. The summed E-state index contributed by atoms with van der Waals surface area (Å²) in [5.74, 6) is 0.738. The summed E-state index contributed by atoms with van der Waals surface area (Å²) >= 11 is 5.55. The van der Waals surface area contributed by atoms with Crippen molar-refractivity contribution in [3.8, 4) is 0 Å². The van der Waals surface area contributed by atoms with Crippen molar-refractivity contribution < 1.29 is 4.79 Å². The van der Waals surface area contributed by atoms with Crippen LogP contribution in [0.15, 0.2) is 0 Å². The Hall–Kier alpha value is -0.240. The molecule has 0 aliphatic heterocycles. The second-order valence-corrected chi connectivity index (χ2v) is 5.01. The van der Waals surface area contributed by atoms with E-state index in [0.29, 0.717) is 17.7 Å². The van der Waals surface area contributed by atoms with E-state index in [1.165, 1.54) is 32.1 Å². The molecule has 0 heterocycles. The molecule has 1 N–H and O–H groups in total. The number of halogens is 1. The first-order valence-corrected chi connectivity index (χ1v) is 6.58. The number of alkyl halides is 1. The zero-order chi connectivity index (χ0) is 11.1. The Labute approximate surface area is 97.8 Å². The van der Waals surface area contributed by atoms with Gasteiger partial charge in [0.1, 0.15) is 0 Å². The molecule has 0 aromatic carbocycles. The van der Waals surface area contributed by atoms with Crippen molar-refractivity contribution in [3.05, 3.63) is 0 Å². The van der Waals surface area contributed by atoms with E-state index in [1.54, 1.807) is 0 Å². The molecule has 0 spiro atoms. The molecule has 1 amide bonds. The molecule has 0 aromatic rings. The summed E-state index contributed by atoms with van der Waals surface area (Å²) in [5, 5.41) is 3.05. The van der Waals surface area contributed by atoms with Gasteiger partial charge in [0.2, 0.25) is 5.91 Å². The van der Waals surface area contributed by atoms with Gasteiger partial charge in [-0.25, -0.2) is 0 Å². The first-order valence-electron chi connectivity index (χ1n) is 6.05. The largest absolute Gasteiger partial charge is 0.356 e. The Morgan fingerprint density at radius 3 is 2.60 bits per heavy atom. The highest BCUT2D eigenvalue weighted by Crippen LogP contribution is 2.40. The summed E-state index contributed by atoms with van der Waals surface area (Å²) in [6.07, 6.45) is 7.74. The molecule has 0 bridgehead atoms. The molecule has 0 atom stereocenters. The van der Waals surface area contributed by atoms with Gasteiger partial charge in [0.25, 0.3) is 0 Å². The molecule has 0 saturated heterocycles. The van der Waals surface area contributed by atoms with Crippen LogP contribution in [-0.2, 0) is 4.79 Å². The highest BCUT2D eigenvalue weighted by atomic mass is 35.5. The van der Waals surface area contributed by atoms with Crippen molar-refractivity contribution >= 4 is 17.5 Å². The summed E-state index contributed by atoms with van der Waals surface area (Å²) in [6.45, 7) is 3.10. The molecule has 0 radical (unpaired) electrons. The first-order chi connectivity index (χ1) is 7.22. The molecule has 1 saturated carbocycles. The molecule has 1 aliphatic carbocycles. The molecule has 15 heavy (non-hydrogen) atoms. The minimum atomic E-state index is 0.162. The Balaban J connectivity index is 2.25.